The van der Waals surface area contributed by atoms with Crippen molar-refractivity contribution in [2.45, 2.75) is 39.3 Å². The van der Waals surface area contributed by atoms with E-state index in [1.165, 1.54) is 0 Å². The Bertz CT molecular complexity index is 803. The first-order chi connectivity index (χ1) is 11.6. The molecule has 0 unspecified atom stereocenters. The summed E-state index contributed by atoms with van der Waals surface area (Å²) in [6, 6.07) is 5.90. The van der Waals surface area contributed by atoms with Crippen LogP contribution in [-0.4, -0.2) is 21.0 Å². The number of fused-ring (bicyclic) bond motifs is 1. The number of nitrogens with two attached hydrogens (primary N) is 1. The van der Waals surface area contributed by atoms with Crippen LogP contribution in [0.4, 0.5) is 5.82 Å². The molecule has 0 aliphatic rings. The zero-order valence-corrected chi connectivity index (χ0v) is 15.8. The molecule has 8 heteroatoms. The number of aromatic nitrogens is 3. The average Bonchev–Trinajstić information content (AvgIpc) is 3.20. The minimum absolute atomic E-state index is 0. The third-order valence-corrected chi connectivity index (χ3v) is 4.53. The second kappa shape index (κ2) is 8.56. The highest BCUT2D eigenvalue weighted by Crippen LogP contribution is 2.25. The highest BCUT2D eigenvalue weighted by Gasteiger charge is 2.15. The molecule has 3 aromatic rings. The van der Waals surface area contributed by atoms with Gasteiger partial charge in [0.15, 0.2) is 0 Å². The summed E-state index contributed by atoms with van der Waals surface area (Å²) in [7, 11) is 0. The van der Waals surface area contributed by atoms with E-state index in [0.717, 1.165) is 29.7 Å². The Labute approximate surface area is 158 Å². The SMILES string of the molecule is CC[C@H](C)[C@H](N)Cc1cc2c(NCc3ccco3)nc(Cl)nc2[nH]1.Cl. The lowest BCUT2D eigenvalue weighted by atomic mass is 9.96. The van der Waals surface area contributed by atoms with Crippen LogP contribution in [0.25, 0.3) is 11.0 Å². The maximum atomic E-state index is 6.26. The molecule has 25 heavy (non-hydrogen) atoms. The summed E-state index contributed by atoms with van der Waals surface area (Å²) in [5.74, 6) is 1.97. The van der Waals surface area contributed by atoms with Crippen LogP contribution in [0.2, 0.25) is 5.28 Å². The van der Waals surface area contributed by atoms with Gasteiger partial charge in [-0.3, -0.25) is 0 Å². The van der Waals surface area contributed by atoms with Crippen molar-refractivity contribution in [2.24, 2.45) is 11.7 Å². The number of nitrogens with zero attached hydrogens (tertiary/aromatic N) is 2. The summed E-state index contributed by atoms with van der Waals surface area (Å²) >= 11 is 6.04. The number of aromatic amines is 1. The number of hydrogen-bond acceptors (Lipinski definition) is 5. The summed E-state index contributed by atoms with van der Waals surface area (Å²) < 4.78 is 5.33. The van der Waals surface area contributed by atoms with Crippen LogP contribution in [0, 0.1) is 5.92 Å². The molecule has 0 saturated carbocycles. The van der Waals surface area contributed by atoms with Gasteiger partial charge in [0, 0.05) is 18.2 Å². The van der Waals surface area contributed by atoms with E-state index in [0.29, 0.717) is 23.9 Å². The number of halogens is 2. The van der Waals surface area contributed by atoms with Gasteiger partial charge in [-0.1, -0.05) is 20.3 Å². The van der Waals surface area contributed by atoms with Crippen molar-refractivity contribution in [1.82, 2.24) is 15.0 Å². The molecular weight excluding hydrogens is 361 g/mol. The zero-order chi connectivity index (χ0) is 17.1. The zero-order valence-electron chi connectivity index (χ0n) is 14.3. The summed E-state index contributed by atoms with van der Waals surface area (Å²) in [4.78, 5) is 11.9. The van der Waals surface area contributed by atoms with Crippen LogP contribution in [-0.2, 0) is 13.0 Å². The largest absolute Gasteiger partial charge is 0.467 e. The van der Waals surface area contributed by atoms with Crippen LogP contribution >= 0.6 is 24.0 Å². The molecule has 4 N–H and O–H groups in total. The van der Waals surface area contributed by atoms with Crippen molar-refractivity contribution in [3.05, 3.63) is 41.2 Å². The quantitative estimate of drug-likeness (QED) is 0.532. The molecule has 0 aliphatic heterocycles. The van der Waals surface area contributed by atoms with Crippen molar-refractivity contribution >= 4 is 40.9 Å². The van der Waals surface area contributed by atoms with E-state index in [2.05, 4.69) is 34.1 Å². The molecule has 0 spiro atoms. The van der Waals surface area contributed by atoms with Crippen LogP contribution in [0.15, 0.2) is 28.9 Å². The van der Waals surface area contributed by atoms with Crippen LogP contribution < -0.4 is 11.1 Å². The predicted molar refractivity (Wildman–Crippen MR) is 103 cm³/mol. The molecule has 0 aliphatic carbocycles. The van der Waals surface area contributed by atoms with Crippen LogP contribution in [0.5, 0.6) is 0 Å². The molecule has 0 bridgehead atoms. The number of nitrogens with one attached hydrogen (secondary N) is 2. The Balaban J connectivity index is 0.00000225. The number of anilines is 1. The second-order valence-corrected chi connectivity index (χ2v) is 6.42. The number of H-pyrrole nitrogens is 1. The van der Waals surface area contributed by atoms with Gasteiger partial charge in [0.25, 0.3) is 0 Å². The molecule has 0 fully saturated rings. The molecule has 136 valence electrons. The highest BCUT2D eigenvalue weighted by atomic mass is 35.5. The fraction of sp³-hybridized carbons (Fsp3) is 0.412. The summed E-state index contributed by atoms with van der Waals surface area (Å²) in [5.41, 5.74) is 8.01. The van der Waals surface area contributed by atoms with E-state index in [1.807, 2.05) is 18.2 Å². The minimum Gasteiger partial charge on any atom is -0.467 e. The monoisotopic (exact) mass is 383 g/mol. The Kier molecular flexibility index (Phi) is 6.70. The summed E-state index contributed by atoms with van der Waals surface area (Å²) in [6.07, 6.45) is 3.47. The van der Waals surface area contributed by atoms with Gasteiger partial charge in [-0.2, -0.15) is 4.98 Å². The van der Waals surface area contributed by atoms with E-state index in [-0.39, 0.29) is 23.7 Å². The summed E-state index contributed by atoms with van der Waals surface area (Å²) in [6.45, 7) is 4.85. The van der Waals surface area contributed by atoms with Gasteiger partial charge in [0.1, 0.15) is 17.2 Å². The van der Waals surface area contributed by atoms with Crippen molar-refractivity contribution < 1.29 is 4.42 Å². The van der Waals surface area contributed by atoms with Crippen molar-refractivity contribution in [2.75, 3.05) is 5.32 Å². The van der Waals surface area contributed by atoms with E-state index in [4.69, 9.17) is 21.8 Å². The van der Waals surface area contributed by atoms with Gasteiger partial charge in [-0.15, -0.1) is 12.4 Å². The van der Waals surface area contributed by atoms with Crippen molar-refractivity contribution in [1.29, 1.82) is 0 Å². The first-order valence-corrected chi connectivity index (χ1v) is 8.51. The Morgan fingerprint density at radius 2 is 2.20 bits per heavy atom. The molecule has 0 saturated heterocycles. The van der Waals surface area contributed by atoms with E-state index >= 15 is 0 Å². The van der Waals surface area contributed by atoms with Crippen LogP contribution in [0.1, 0.15) is 31.7 Å². The lowest BCUT2D eigenvalue weighted by Gasteiger charge is -2.17. The number of furan rings is 1. The predicted octanol–water partition coefficient (Wildman–Crippen LogP) is 4.15. The van der Waals surface area contributed by atoms with E-state index in [1.54, 1.807) is 6.26 Å². The molecule has 2 atom stereocenters. The lowest BCUT2D eigenvalue weighted by molar-refractivity contribution is 0.438. The van der Waals surface area contributed by atoms with Crippen molar-refractivity contribution in [3.8, 4) is 0 Å². The highest BCUT2D eigenvalue weighted by molar-refractivity contribution is 6.28. The van der Waals surface area contributed by atoms with Gasteiger partial charge in [0.05, 0.1) is 18.2 Å². The lowest BCUT2D eigenvalue weighted by Crippen LogP contribution is -2.30. The standard InChI is InChI=1S/C17H22ClN5O.ClH/c1-3-10(2)14(19)8-11-7-13-15(20-9-12-5-4-6-24-12)22-17(18)23-16(13)21-11;/h4-7,10,14H,3,8-9,19H2,1-2H3,(H2,20,21,22,23);1H/t10-,14+;/m0./s1. The normalized spacial score (nSPS) is 13.4. The van der Waals surface area contributed by atoms with Gasteiger partial charge < -0.3 is 20.5 Å². The van der Waals surface area contributed by atoms with E-state index < -0.39 is 0 Å². The minimum atomic E-state index is 0. The molecule has 3 rings (SSSR count). The third-order valence-electron chi connectivity index (χ3n) is 4.36. The Morgan fingerprint density at radius 3 is 2.88 bits per heavy atom. The molecule has 6 nitrogen and oxygen atoms in total. The number of hydrogen-bond donors (Lipinski definition) is 3. The van der Waals surface area contributed by atoms with Gasteiger partial charge in [-0.25, -0.2) is 4.98 Å². The van der Waals surface area contributed by atoms with Gasteiger partial charge in [0.2, 0.25) is 5.28 Å². The van der Waals surface area contributed by atoms with E-state index in [9.17, 15) is 0 Å². The smallest absolute Gasteiger partial charge is 0.226 e. The van der Waals surface area contributed by atoms with Crippen LogP contribution in [0.3, 0.4) is 0 Å². The fourth-order valence-corrected chi connectivity index (χ4v) is 2.79. The molecular formula is C17H23Cl2N5O. The fourth-order valence-electron chi connectivity index (χ4n) is 2.62. The maximum Gasteiger partial charge on any atom is 0.226 e. The molecule has 3 heterocycles. The first kappa shape index (κ1) is 19.6. The Morgan fingerprint density at radius 1 is 1.40 bits per heavy atom. The second-order valence-electron chi connectivity index (χ2n) is 6.08. The molecule has 0 radical (unpaired) electrons. The summed E-state index contributed by atoms with van der Waals surface area (Å²) in [5, 5.41) is 4.35. The molecule has 0 amide bonds. The first-order valence-electron chi connectivity index (χ1n) is 8.13. The third kappa shape index (κ3) is 4.66. The number of rotatable bonds is 7. The Hall–Kier alpha value is -1.76. The van der Waals surface area contributed by atoms with Gasteiger partial charge >= 0.3 is 0 Å². The topological polar surface area (TPSA) is 92.8 Å². The van der Waals surface area contributed by atoms with Crippen molar-refractivity contribution in [3.63, 3.8) is 0 Å². The van der Waals surface area contributed by atoms with Gasteiger partial charge in [-0.05, 0) is 35.7 Å². The molecule has 3 aromatic heterocycles. The molecule has 0 aromatic carbocycles. The average molecular weight is 384 g/mol. The maximum absolute atomic E-state index is 6.26.